The van der Waals surface area contributed by atoms with Crippen molar-refractivity contribution in [3.8, 4) is 5.69 Å². The molecule has 2 rings (SSSR count). The van der Waals surface area contributed by atoms with Crippen LogP contribution in [0.1, 0.15) is 36.7 Å². The van der Waals surface area contributed by atoms with E-state index in [1.54, 1.807) is 7.05 Å². The molecule has 1 heterocycles. The minimum Gasteiger partial charge on any atom is -0.382 e. The molecule has 2 N–H and O–H groups in total. The fourth-order valence-electron chi connectivity index (χ4n) is 2.82. The van der Waals surface area contributed by atoms with E-state index >= 15 is 0 Å². The summed E-state index contributed by atoms with van der Waals surface area (Å²) >= 11 is 0. The van der Waals surface area contributed by atoms with Crippen LogP contribution in [0.4, 0.5) is 0 Å². The zero-order chi connectivity index (χ0) is 18.8. The maximum absolute atomic E-state index is 5.35. The quantitative estimate of drug-likeness (QED) is 0.411. The Morgan fingerprint density at radius 1 is 1.15 bits per heavy atom. The Morgan fingerprint density at radius 3 is 2.62 bits per heavy atom. The molecule has 1 aromatic carbocycles. The van der Waals surface area contributed by atoms with E-state index in [0.717, 1.165) is 55.6 Å². The molecule has 0 amide bonds. The predicted octanol–water partition coefficient (Wildman–Crippen LogP) is 2.97. The van der Waals surface area contributed by atoms with Crippen LogP contribution in [-0.2, 0) is 11.3 Å². The number of guanidine groups is 1. The Balaban J connectivity index is 1.89. The first-order chi connectivity index (χ1) is 12.7. The van der Waals surface area contributed by atoms with Crippen molar-refractivity contribution in [1.29, 1.82) is 0 Å². The summed E-state index contributed by atoms with van der Waals surface area (Å²) in [5.41, 5.74) is 4.46. The molecule has 0 unspecified atom stereocenters. The normalized spacial score (nSPS) is 11.6. The number of nitrogens with one attached hydrogen (secondary N) is 2. The Labute approximate surface area is 156 Å². The standard InChI is InChI=1S/C20H31N5O/c1-5-26-14-10-9-13-22-20(21-4)23-15-19-16(2)24-25(17(19)3)18-11-7-6-8-12-18/h6-8,11-12H,5,9-10,13-15H2,1-4H3,(H2,21,22,23). The van der Waals surface area contributed by atoms with Crippen LogP contribution in [0.15, 0.2) is 35.3 Å². The number of rotatable bonds is 9. The maximum atomic E-state index is 5.35. The number of hydrogen-bond acceptors (Lipinski definition) is 3. The second kappa shape index (κ2) is 10.6. The van der Waals surface area contributed by atoms with Crippen molar-refractivity contribution in [2.24, 2.45) is 4.99 Å². The number of nitrogens with zero attached hydrogens (tertiary/aromatic N) is 3. The molecule has 2 aromatic rings. The van der Waals surface area contributed by atoms with Crippen molar-refractivity contribution in [3.05, 3.63) is 47.3 Å². The highest BCUT2D eigenvalue weighted by Gasteiger charge is 2.13. The van der Waals surface area contributed by atoms with Crippen LogP contribution >= 0.6 is 0 Å². The molecular weight excluding hydrogens is 326 g/mol. The molecule has 0 saturated heterocycles. The van der Waals surface area contributed by atoms with Gasteiger partial charge in [-0.2, -0.15) is 5.10 Å². The zero-order valence-electron chi connectivity index (χ0n) is 16.4. The molecule has 0 aliphatic rings. The van der Waals surface area contributed by atoms with Gasteiger partial charge in [0.05, 0.1) is 11.4 Å². The first-order valence-electron chi connectivity index (χ1n) is 9.30. The van der Waals surface area contributed by atoms with Crippen molar-refractivity contribution in [2.75, 3.05) is 26.8 Å². The number of hydrogen-bond donors (Lipinski definition) is 2. The van der Waals surface area contributed by atoms with E-state index in [1.807, 2.05) is 36.7 Å². The summed E-state index contributed by atoms with van der Waals surface area (Å²) in [4.78, 5) is 4.30. The van der Waals surface area contributed by atoms with E-state index < -0.39 is 0 Å². The second-order valence-electron chi connectivity index (χ2n) is 6.15. The van der Waals surface area contributed by atoms with E-state index in [2.05, 4.69) is 34.7 Å². The van der Waals surface area contributed by atoms with Gasteiger partial charge < -0.3 is 15.4 Å². The van der Waals surface area contributed by atoms with E-state index in [4.69, 9.17) is 9.84 Å². The lowest BCUT2D eigenvalue weighted by atomic mass is 10.2. The van der Waals surface area contributed by atoms with Gasteiger partial charge in [-0.15, -0.1) is 0 Å². The van der Waals surface area contributed by atoms with Gasteiger partial charge in [0.2, 0.25) is 0 Å². The summed E-state index contributed by atoms with van der Waals surface area (Å²) in [6.07, 6.45) is 2.12. The van der Waals surface area contributed by atoms with Crippen LogP contribution < -0.4 is 10.6 Å². The van der Waals surface area contributed by atoms with Gasteiger partial charge in [-0.05, 0) is 45.7 Å². The molecule has 6 heteroatoms. The number of para-hydroxylation sites is 1. The second-order valence-corrected chi connectivity index (χ2v) is 6.15. The molecular formula is C20H31N5O. The van der Waals surface area contributed by atoms with Crippen molar-refractivity contribution >= 4 is 5.96 Å². The topological polar surface area (TPSA) is 63.5 Å². The Hall–Kier alpha value is -2.34. The lowest BCUT2D eigenvalue weighted by molar-refractivity contribution is 0.143. The molecule has 0 bridgehead atoms. The highest BCUT2D eigenvalue weighted by Crippen LogP contribution is 2.17. The van der Waals surface area contributed by atoms with Gasteiger partial charge >= 0.3 is 0 Å². The smallest absolute Gasteiger partial charge is 0.191 e. The average molecular weight is 358 g/mol. The van der Waals surface area contributed by atoms with Crippen LogP contribution in [0, 0.1) is 13.8 Å². The van der Waals surface area contributed by atoms with E-state index in [1.165, 1.54) is 5.56 Å². The van der Waals surface area contributed by atoms with Gasteiger partial charge in [-0.3, -0.25) is 4.99 Å². The van der Waals surface area contributed by atoms with Gasteiger partial charge in [-0.1, -0.05) is 18.2 Å². The average Bonchev–Trinajstić information content (AvgIpc) is 2.95. The molecule has 142 valence electrons. The first kappa shape index (κ1) is 20.0. The zero-order valence-corrected chi connectivity index (χ0v) is 16.4. The van der Waals surface area contributed by atoms with Crippen LogP contribution in [0.5, 0.6) is 0 Å². The Bertz CT molecular complexity index is 694. The van der Waals surface area contributed by atoms with Crippen molar-refractivity contribution in [3.63, 3.8) is 0 Å². The van der Waals surface area contributed by atoms with Gasteiger partial charge in [0, 0.05) is 44.6 Å². The SMILES string of the molecule is CCOCCCCNC(=NC)NCc1c(C)nn(-c2ccccc2)c1C. The molecule has 1 aromatic heterocycles. The third kappa shape index (κ3) is 5.59. The molecule has 0 spiro atoms. The number of aryl methyl sites for hydroxylation is 1. The molecule has 0 aliphatic heterocycles. The Morgan fingerprint density at radius 2 is 1.92 bits per heavy atom. The van der Waals surface area contributed by atoms with Gasteiger partial charge in [0.25, 0.3) is 0 Å². The lowest BCUT2D eigenvalue weighted by Gasteiger charge is -2.12. The van der Waals surface area contributed by atoms with Crippen LogP contribution in [0.25, 0.3) is 5.69 Å². The molecule has 26 heavy (non-hydrogen) atoms. The van der Waals surface area contributed by atoms with Crippen LogP contribution in [0.3, 0.4) is 0 Å². The summed E-state index contributed by atoms with van der Waals surface area (Å²) < 4.78 is 7.35. The minimum atomic E-state index is 0.698. The van der Waals surface area contributed by atoms with Crippen LogP contribution in [0.2, 0.25) is 0 Å². The number of aromatic nitrogens is 2. The summed E-state index contributed by atoms with van der Waals surface area (Å²) in [6.45, 7) is 9.36. The first-order valence-corrected chi connectivity index (χ1v) is 9.30. The monoisotopic (exact) mass is 357 g/mol. The van der Waals surface area contributed by atoms with Crippen LogP contribution in [-0.4, -0.2) is 42.5 Å². The fraction of sp³-hybridized carbons (Fsp3) is 0.500. The summed E-state index contributed by atoms with van der Waals surface area (Å²) in [6, 6.07) is 10.2. The third-order valence-electron chi connectivity index (χ3n) is 4.31. The van der Waals surface area contributed by atoms with E-state index in [-0.39, 0.29) is 0 Å². The number of ether oxygens (including phenoxy) is 1. The number of aliphatic imine (C=N–C) groups is 1. The molecule has 0 saturated carbocycles. The molecule has 0 atom stereocenters. The van der Waals surface area contributed by atoms with Gasteiger partial charge in [0.15, 0.2) is 5.96 Å². The summed E-state index contributed by atoms with van der Waals surface area (Å²) in [5, 5.41) is 11.4. The number of benzene rings is 1. The maximum Gasteiger partial charge on any atom is 0.191 e. The summed E-state index contributed by atoms with van der Waals surface area (Å²) in [7, 11) is 1.79. The molecule has 0 aliphatic carbocycles. The highest BCUT2D eigenvalue weighted by molar-refractivity contribution is 5.79. The van der Waals surface area contributed by atoms with Crippen molar-refractivity contribution in [1.82, 2.24) is 20.4 Å². The predicted molar refractivity (Wildman–Crippen MR) is 107 cm³/mol. The molecule has 6 nitrogen and oxygen atoms in total. The van der Waals surface area contributed by atoms with Crippen molar-refractivity contribution in [2.45, 2.75) is 40.2 Å². The largest absolute Gasteiger partial charge is 0.382 e. The highest BCUT2D eigenvalue weighted by atomic mass is 16.5. The lowest BCUT2D eigenvalue weighted by Crippen LogP contribution is -2.37. The molecule has 0 fully saturated rings. The minimum absolute atomic E-state index is 0.698. The van der Waals surface area contributed by atoms with Gasteiger partial charge in [0.1, 0.15) is 0 Å². The summed E-state index contributed by atoms with van der Waals surface area (Å²) in [5.74, 6) is 0.813. The van der Waals surface area contributed by atoms with E-state index in [9.17, 15) is 0 Å². The third-order valence-corrected chi connectivity index (χ3v) is 4.31. The Kier molecular flexibility index (Phi) is 8.15. The van der Waals surface area contributed by atoms with Crippen molar-refractivity contribution < 1.29 is 4.74 Å². The molecule has 0 radical (unpaired) electrons. The van der Waals surface area contributed by atoms with E-state index in [0.29, 0.717) is 6.54 Å². The fourth-order valence-corrected chi connectivity index (χ4v) is 2.82. The number of unbranched alkanes of at least 4 members (excludes halogenated alkanes) is 1. The van der Waals surface area contributed by atoms with Gasteiger partial charge in [-0.25, -0.2) is 4.68 Å².